The normalized spacial score (nSPS) is 15.1. The van der Waals surface area contributed by atoms with Gasteiger partial charge in [0.15, 0.2) is 11.5 Å². The SMILES string of the molecule is COc1ccccc1Oc1ccc(NC(=O)C2CCN(S(=O)(=O)c3cccnc3)CC2)cc1. The number of piperidine rings is 1. The van der Waals surface area contributed by atoms with E-state index in [1.807, 2.05) is 24.3 Å². The van der Waals surface area contributed by atoms with E-state index in [-0.39, 0.29) is 16.7 Å². The van der Waals surface area contributed by atoms with Crippen LogP contribution in [0.5, 0.6) is 17.2 Å². The molecule has 1 aromatic heterocycles. The van der Waals surface area contributed by atoms with Crippen LogP contribution in [0.2, 0.25) is 0 Å². The van der Waals surface area contributed by atoms with Gasteiger partial charge in [0.2, 0.25) is 15.9 Å². The van der Waals surface area contributed by atoms with Gasteiger partial charge in [-0.05, 0) is 61.4 Å². The van der Waals surface area contributed by atoms with Crippen LogP contribution < -0.4 is 14.8 Å². The summed E-state index contributed by atoms with van der Waals surface area (Å²) >= 11 is 0. The van der Waals surface area contributed by atoms with Gasteiger partial charge >= 0.3 is 0 Å². The van der Waals surface area contributed by atoms with Gasteiger partial charge in [0.1, 0.15) is 10.6 Å². The molecule has 2 aromatic carbocycles. The molecule has 33 heavy (non-hydrogen) atoms. The number of ether oxygens (including phenoxy) is 2. The first-order valence-corrected chi connectivity index (χ1v) is 12.0. The van der Waals surface area contributed by atoms with Gasteiger partial charge in [-0.15, -0.1) is 0 Å². The second kappa shape index (κ2) is 10.0. The number of carbonyl (C=O) groups excluding carboxylic acids is 1. The minimum atomic E-state index is -3.59. The summed E-state index contributed by atoms with van der Waals surface area (Å²) in [7, 11) is -2.01. The highest BCUT2D eigenvalue weighted by Crippen LogP contribution is 2.31. The molecule has 4 rings (SSSR count). The molecule has 172 valence electrons. The molecule has 0 saturated carbocycles. The number of methoxy groups -OCH3 is 1. The van der Waals surface area contributed by atoms with Gasteiger partial charge in [-0.25, -0.2) is 8.42 Å². The van der Waals surface area contributed by atoms with Crippen molar-refractivity contribution < 1.29 is 22.7 Å². The summed E-state index contributed by atoms with van der Waals surface area (Å²) in [5.41, 5.74) is 0.651. The summed E-state index contributed by atoms with van der Waals surface area (Å²) in [4.78, 5) is 16.8. The number of hydrogen-bond donors (Lipinski definition) is 1. The van der Waals surface area contributed by atoms with Gasteiger partial charge in [0, 0.05) is 37.1 Å². The molecule has 1 fully saturated rings. The monoisotopic (exact) mass is 467 g/mol. The molecule has 0 unspecified atom stereocenters. The Bertz CT molecular complexity index is 1190. The lowest BCUT2D eigenvalue weighted by atomic mass is 9.97. The van der Waals surface area contributed by atoms with E-state index in [0.717, 1.165) is 0 Å². The number of amides is 1. The Morgan fingerprint density at radius 2 is 1.70 bits per heavy atom. The third-order valence-corrected chi connectivity index (χ3v) is 7.40. The van der Waals surface area contributed by atoms with Crippen LogP contribution in [-0.2, 0) is 14.8 Å². The van der Waals surface area contributed by atoms with Crippen LogP contribution in [0.3, 0.4) is 0 Å². The maximum Gasteiger partial charge on any atom is 0.244 e. The van der Waals surface area contributed by atoms with Crippen LogP contribution in [0.1, 0.15) is 12.8 Å². The predicted octanol–water partition coefficient (Wildman–Crippen LogP) is 3.92. The van der Waals surface area contributed by atoms with Crippen molar-refractivity contribution in [2.24, 2.45) is 5.92 Å². The zero-order valence-electron chi connectivity index (χ0n) is 18.2. The molecule has 0 bridgehead atoms. The zero-order chi connectivity index (χ0) is 23.3. The molecular weight excluding hydrogens is 442 g/mol. The van der Waals surface area contributed by atoms with Crippen LogP contribution in [0.15, 0.2) is 78.0 Å². The second-order valence-corrected chi connectivity index (χ2v) is 9.57. The fourth-order valence-corrected chi connectivity index (χ4v) is 5.12. The molecule has 1 amide bonds. The first-order chi connectivity index (χ1) is 16.0. The second-order valence-electron chi connectivity index (χ2n) is 7.63. The van der Waals surface area contributed by atoms with Gasteiger partial charge < -0.3 is 14.8 Å². The Hall–Kier alpha value is -3.43. The minimum Gasteiger partial charge on any atom is -0.493 e. The first kappa shape index (κ1) is 22.8. The number of sulfonamides is 1. The maximum absolute atomic E-state index is 12.7. The summed E-state index contributed by atoms with van der Waals surface area (Å²) in [5, 5.41) is 2.91. The van der Waals surface area contributed by atoms with Gasteiger partial charge in [-0.2, -0.15) is 4.31 Å². The fraction of sp³-hybridized carbons (Fsp3) is 0.250. The standard InChI is InChI=1S/C24H25N3O5S/c1-31-22-6-2-3-7-23(22)32-20-10-8-19(9-11-20)26-24(28)18-12-15-27(16-13-18)33(29,30)21-5-4-14-25-17-21/h2-11,14,17-18H,12-13,15-16H2,1H3,(H,26,28). The van der Waals surface area contributed by atoms with Crippen LogP contribution >= 0.6 is 0 Å². The van der Waals surface area contributed by atoms with Crippen molar-refractivity contribution in [3.63, 3.8) is 0 Å². The Morgan fingerprint density at radius 3 is 2.33 bits per heavy atom. The summed E-state index contributed by atoms with van der Waals surface area (Å²) in [6.45, 7) is 0.585. The number of anilines is 1. The van der Waals surface area contributed by atoms with E-state index in [1.165, 1.54) is 22.8 Å². The summed E-state index contributed by atoms with van der Waals surface area (Å²) < 4.78 is 38.0. The lowest BCUT2D eigenvalue weighted by molar-refractivity contribution is -0.120. The number of benzene rings is 2. The van der Waals surface area contributed by atoms with Crippen molar-refractivity contribution in [2.75, 3.05) is 25.5 Å². The molecule has 0 radical (unpaired) electrons. The summed E-state index contributed by atoms with van der Waals surface area (Å²) in [6.07, 6.45) is 3.79. The highest BCUT2D eigenvalue weighted by Gasteiger charge is 2.32. The minimum absolute atomic E-state index is 0.119. The Labute approximate surface area is 193 Å². The number of nitrogens with zero attached hydrogens (tertiary/aromatic N) is 2. The fourth-order valence-electron chi connectivity index (χ4n) is 3.69. The molecule has 9 heteroatoms. The van der Waals surface area contributed by atoms with E-state index >= 15 is 0 Å². The van der Waals surface area contributed by atoms with E-state index < -0.39 is 10.0 Å². The van der Waals surface area contributed by atoms with E-state index in [4.69, 9.17) is 9.47 Å². The quantitative estimate of drug-likeness (QED) is 0.566. The smallest absolute Gasteiger partial charge is 0.244 e. The van der Waals surface area contributed by atoms with Gasteiger partial charge in [-0.1, -0.05) is 12.1 Å². The highest BCUT2D eigenvalue weighted by atomic mass is 32.2. The van der Waals surface area contributed by atoms with Crippen LogP contribution in [0.4, 0.5) is 5.69 Å². The number of pyridine rings is 1. The Balaban J connectivity index is 1.32. The molecule has 1 aliphatic heterocycles. The van der Waals surface area contributed by atoms with Crippen molar-refractivity contribution in [1.29, 1.82) is 0 Å². The first-order valence-electron chi connectivity index (χ1n) is 10.6. The maximum atomic E-state index is 12.7. The molecule has 3 aromatic rings. The lowest BCUT2D eigenvalue weighted by Crippen LogP contribution is -2.41. The molecule has 1 saturated heterocycles. The summed E-state index contributed by atoms with van der Waals surface area (Å²) in [5.74, 6) is 1.48. The number of para-hydroxylation sites is 2. The van der Waals surface area contributed by atoms with Crippen molar-refractivity contribution in [1.82, 2.24) is 9.29 Å². The van der Waals surface area contributed by atoms with Crippen molar-refractivity contribution in [3.8, 4) is 17.2 Å². The Morgan fingerprint density at radius 1 is 1.00 bits per heavy atom. The topological polar surface area (TPSA) is 97.8 Å². The lowest BCUT2D eigenvalue weighted by Gasteiger charge is -2.30. The molecule has 0 spiro atoms. The van der Waals surface area contributed by atoms with E-state index in [9.17, 15) is 13.2 Å². The zero-order valence-corrected chi connectivity index (χ0v) is 19.0. The molecule has 1 aliphatic rings. The van der Waals surface area contributed by atoms with Crippen molar-refractivity contribution in [3.05, 3.63) is 73.1 Å². The third kappa shape index (κ3) is 5.32. The van der Waals surface area contributed by atoms with Gasteiger partial charge in [-0.3, -0.25) is 9.78 Å². The predicted molar refractivity (Wildman–Crippen MR) is 124 cm³/mol. The average molecular weight is 468 g/mol. The molecule has 0 atom stereocenters. The van der Waals surface area contributed by atoms with E-state index in [2.05, 4.69) is 10.3 Å². The highest BCUT2D eigenvalue weighted by molar-refractivity contribution is 7.89. The van der Waals surface area contributed by atoms with Crippen LogP contribution in [-0.4, -0.2) is 43.8 Å². The van der Waals surface area contributed by atoms with E-state index in [0.29, 0.717) is 48.9 Å². The molecule has 1 N–H and O–H groups in total. The average Bonchev–Trinajstić information content (AvgIpc) is 2.86. The Kier molecular flexibility index (Phi) is 6.90. The molecular formula is C24H25N3O5S. The van der Waals surface area contributed by atoms with Crippen molar-refractivity contribution in [2.45, 2.75) is 17.7 Å². The molecule has 8 nitrogen and oxygen atoms in total. The number of nitrogens with one attached hydrogen (secondary N) is 1. The molecule has 2 heterocycles. The van der Waals surface area contributed by atoms with Crippen molar-refractivity contribution >= 4 is 21.6 Å². The largest absolute Gasteiger partial charge is 0.493 e. The number of aromatic nitrogens is 1. The molecule has 0 aliphatic carbocycles. The third-order valence-electron chi connectivity index (χ3n) is 5.52. The van der Waals surface area contributed by atoms with Gasteiger partial charge in [0.25, 0.3) is 0 Å². The summed E-state index contributed by atoms with van der Waals surface area (Å²) in [6, 6.07) is 17.6. The van der Waals surface area contributed by atoms with Gasteiger partial charge in [0.05, 0.1) is 7.11 Å². The number of carbonyl (C=O) groups is 1. The van der Waals surface area contributed by atoms with Crippen LogP contribution in [0.25, 0.3) is 0 Å². The van der Waals surface area contributed by atoms with Crippen LogP contribution in [0, 0.1) is 5.92 Å². The number of rotatable bonds is 7. The number of hydrogen-bond acceptors (Lipinski definition) is 6. The van der Waals surface area contributed by atoms with E-state index in [1.54, 1.807) is 37.4 Å².